The number of rotatable bonds is 12. The van der Waals surface area contributed by atoms with Crippen molar-refractivity contribution < 1.29 is 45.5 Å². The van der Waals surface area contributed by atoms with E-state index in [9.17, 15) is 31.6 Å². The summed E-state index contributed by atoms with van der Waals surface area (Å²) in [5.74, 6) is -0.689. The van der Waals surface area contributed by atoms with Crippen molar-refractivity contribution in [3.05, 3.63) is 60.0 Å². The second kappa shape index (κ2) is 13.2. The van der Waals surface area contributed by atoms with Gasteiger partial charge in [0.25, 0.3) is 5.91 Å². The van der Waals surface area contributed by atoms with Crippen LogP contribution in [0.4, 0.5) is 13.2 Å². The lowest BCUT2D eigenvalue weighted by Crippen LogP contribution is -2.57. The molecule has 15 heteroatoms. The average molecular weight is 613 g/mol. The number of piperidine rings is 1. The number of benzene rings is 2. The van der Waals surface area contributed by atoms with E-state index in [1.165, 1.54) is 47.9 Å². The van der Waals surface area contributed by atoms with Crippen LogP contribution in [0.1, 0.15) is 30.7 Å². The molecule has 0 saturated carbocycles. The third kappa shape index (κ3) is 6.75. The molecule has 0 unspecified atom stereocenters. The lowest BCUT2D eigenvalue weighted by atomic mass is 9.95. The molecule has 1 fully saturated rings. The maximum absolute atomic E-state index is 13.6. The van der Waals surface area contributed by atoms with E-state index in [1.807, 2.05) is 4.90 Å². The summed E-state index contributed by atoms with van der Waals surface area (Å²) in [7, 11) is -2.60. The minimum atomic E-state index is -4.57. The number of hydrogen-bond acceptors (Lipinski definition) is 10. The van der Waals surface area contributed by atoms with Gasteiger partial charge >= 0.3 is 6.18 Å². The Morgan fingerprint density at radius 2 is 1.79 bits per heavy atom. The van der Waals surface area contributed by atoms with Crippen LogP contribution in [0, 0.1) is 0 Å². The largest absolute Gasteiger partial charge is 0.494 e. The summed E-state index contributed by atoms with van der Waals surface area (Å²) in [4.78, 5) is 14.6. The molecule has 1 amide bonds. The molecule has 4 rings (SSSR count). The van der Waals surface area contributed by atoms with Crippen molar-refractivity contribution in [2.75, 3.05) is 40.0 Å². The first-order valence-electron chi connectivity index (χ1n) is 13.1. The summed E-state index contributed by atoms with van der Waals surface area (Å²) in [5, 5.41) is 16.9. The maximum Gasteiger partial charge on any atom is 0.417 e. The highest BCUT2D eigenvalue weighted by Crippen LogP contribution is 2.37. The molecular formula is C27H31F3N4O7S. The van der Waals surface area contributed by atoms with E-state index in [-0.39, 0.29) is 48.1 Å². The SMILES string of the molecule is COCCN1CCC(C(=O)NO)(S(=O)(=O)c2ccc(OCCCc3nnc(-c4ccccc4C(F)(F)F)o3)cc2)CC1. The molecule has 2 aromatic carbocycles. The predicted octanol–water partition coefficient (Wildman–Crippen LogP) is 3.53. The number of aromatic nitrogens is 2. The number of carbonyl (C=O) groups excluding carboxylic acids is 1. The molecule has 1 saturated heterocycles. The number of hydrogen-bond donors (Lipinski definition) is 2. The molecule has 0 spiro atoms. The highest BCUT2D eigenvalue weighted by Gasteiger charge is 2.52. The van der Waals surface area contributed by atoms with Gasteiger partial charge in [0.05, 0.1) is 29.2 Å². The van der Waals surface area contributed by atoms with Gasteiger partial charge in [-0.25, -0.2) is 13.9 Å². The Bertz CT molecular complexity index is 1450. The van der Waals surface area contributed by atoms with Crippen molar-refractivity contribution in [3.8, 4) is 17.2 Å². The molecule has 0 aliphatic carbocycles. The van der Waals surface area contributed by atoms with E-state index in [1.54, 1.807) is 7.11 Å². The van der Waals surface area contributed by atoms with Crippen LogP contribution in [0.15, 0.2) is 57.8 Å². The first-order chi connectivity index (χ1) is 20.0. The van der Waals surface area contributed by atoms with Crippen LogP contribution in [-0.4, -0.2) is 79.3 Å². The average Bonchev–Trinajstić information content (AvgIpc) is 3.46. The van der Waals surface area contributed by atoms with E-state index in [2.05, 4.69) is 10.2 Å². The van der Waals surface area contributed by atoms with Crippen molar-refractivity contribution in [1.82, 2.24) is 20.6 Å². The number of nitrogens with zero attached hydrogens (tertiary/aromatic N) is 3. The minimum absolute atomic E-state index is 0.00285. The van der Waals surface area contributed by atoms with Crippen molar-refractivity contribution in [1.29, 1.82) is 0 Å². The molecule has 1 aliphatic rings. The Hall–Kier alpha value is -3.53. The summed E-state index contributed by atoms with van der Waals surface area (Å²) < 4.78 is 81.4. The minimum Gasteiger partial charge on any atom is -0.494 e. The number of sulfone groups is 1. The topological polar surface area (TPSA) is 144 Å². The van der Waals surface area contributed by atoms with Crippen LogP contribution in [0.25, 0.3) is 11.5 Å². The summed E-state index contributed by atoms with van der Waals surface area (Å²) in [6.45, 7) is 1.93. The molecule has 11 nitrogen and oxygen atoms in total. The number of likely N-dealkylation sites (tertiary alicyclic amines) is 1. The zero-order chi connectivity index (χ0) is 30.4. The number of ether oxygens (including phenoxy) is 2. The Morgan fingerprint density at radius 3 is 2.43 bits per heavy atom. The van der Waals surface area contributed by atoms with Gasteiger partial charge in [-0.15, -0.1) is 10.2 Å². The number of aryl methyl sites for hydroxylation is 1. The van der Waals surface area contributed by atoms with Crippen LogP contribution in [-0.2, 0) is 32.0 Å². The number of halogens is 3. The van der Waals surface area contributed by atoms with Crippen LogP contribution in [0.2, 0.25) is 0 Å². The Morgan fingerprint density at radius 1 is 1.10 bits per heavy atom. The fourth-order valence-electron chi connectivity index (χ4n) is 4.81. The molecular weight excluding hydrogens is 581 g/mol. The molecule has 42 heavy (non-hydrogen) atoms. The molecule has 0 radical (unpaired) electrons. The first-order valence-corrected chi connectivity index (χ1v) is 14.6. The van der Waals surface area contributed by atoms with Crippen LogP contribution in [0.3, 0.4) is 0 Å². The van der Waals surface area contributed by atoms with Gasteiger partial charge in [-0.3, -0.25) is 10.0 Å². The lowest BCUT2D eigenvalue weighted by molar-refractivity contribution is -0.137. The van der Waals surface area contributed by atoms with E-state index in [0.717, 1.165) is 6.07 Å². The monoisotopic (exact) mass is 612 g/mol. The standard InChI is InChI=1S/C27H31F3N4O7S/c1-39-18-16-34-14-12-26(13-15-34,25(35)33-36)42(37,38)20-10-8-19(9-11-20)40-17-4-7-23-31-32-24(41-23)21-5-2-3-6-22(21)27(28,29)30/h2-3,5-6,8-11,36H,4,7,12-18H2,1H3,(H,33,35). The van der Waals surface area contributed by atoms with Crippen LogP contribution < -0.4 is 10.2 Å². The number of hydroxylamine groups is 1. The van der Waals surface area contributed by atoms with E-state index in [0.29, 0.717) is 38.4 Å². The Kier molecular flexibility index (Phi) is 9.86. The third-order valence-corrected chi connectivity index (χ3v) is 9.69. The van der Waals surface area contributed by atoms with E-state index in [4.69, 9.17) is 13.9 Å². The number of nitrogens with one attached hydrogen (secondary N) is 1. The molecule has 2 heterocycles. The molecule has 1 aromatic heterocycles. The second-order valence-corrected chi connectivity index (χ2v) is 12.0. The molecule has 0 bridgehead atoms. The van der Waals surface area contributed by atoms with Gasteiger partial charge < -0.3 is 18.8 Å². The van der Waals surface area contributed by atoms with Gasteiger partial charge in [0.2, 0.25) is 11.8 Å². The highest BCUT2D eigenvalue weighted by atomic mass is 32.2. The smallest absolute Gasteiger partial charge is 0.417 e. The van der Waals surface area contributed by atoms with Gasteiger partial charge in [-0.2, -0.15) is 13.2 Å². The van der Waals surface area contributed by atoms with Gasteiger partial charge in [0, 0.05) is 33.2 Å². The molecule has 2 N–H and O–H groups in total. The summed E-state index contributed by atoms with van der Waals surface area (Å²) in [6.07, 6.45) is -3.93. The zero-order valence-corrected chi connectivity index (χ0v) is 23.6. The van der Waals surface area contributed by atoms with Gasteiger partial charge in [-0.05, 0) is 55.7 Å². The quantitative estimate of drug-likeness (QED) is 0.177. The summed E-state index contributed by atoms with van der Waals surface area (Å²) in [6, 6.07) is 10.5. The number of amides is 1. The molecule has 3 aromatic rings. The predicted molar refractivity (Wildman–Crippen MR) is 142 cm³/mol. The zero-order valence-electron chi connectivity index (χ0n) is 22.8. The van der Waals surface area contributed by atoms with Crippen LogP contribution in [0.5, 0.6) is 5.75 Å². The van der Waals surface area contributed by atoms with Gasteiger partial charge in [0.15, 0.2) is 14.6 Å². The number of alkyl halides is 3. The van der Waals surface area contributed by atoms with Crippen molar-refractivity contribution in [3.63, 3.8) is 0 Å². The fourth-order valence-corrected chi connectivity index (χ4v) is 6.77. The lowest BCUT2D eigenvalue weighted by Gasteiger charge is -2.39. The third-order valence-electron chi connectivity index (χ3n) is 7.17. The molecule has 0 atom stereocenters. The van der Waals surface area contributed by atoms with Crippen molar-refractivity contribution in [2.24, 2.45) is 0 Å². The maximum atomic E-state index is 13.6. The number of carbonyl (C=O) groups is 1. The fraction of sp³-hybridized carbons (Fsp3) is 0.444. The normalized spacial score (nSPS) is 15.8. The Balaban J connectivity index is 1.35. The van der Waals surface area contributed by atoms with Gasteiger partial charge in [-0.1, -0.05) is 12.1 Å². The Labute approximate surface area is 240 Å². The van der Waals surface area contributed by atoms with Crippen molar-refractivity contribution >= 4 is 15.7 Å². The van der Waals surface area contributed by atoms with Crippen molar-refractivity contribution in [2.45, 2.75) is 41.5 Å². The highest BCUT2D eigenvalue weighted by molar-refractivity contribution is 7.93. The van der Waals surface area contributed by atoms with Crippen LogP contribution >= 0.6 is 0 Å². The number of methoxy groups -OCH3 is 1. The summed E-state index contributed by atoms with van der Waals surface area (Å²) >= 11 is 0. The van der Waals surface area contributed by atoms with Gasteiger partial charge in [0.1, 0.15) is 5.75 Å². The molecule has 1 aliphatic heterocycles. The van der Waals surface area contributed by atoms with E-state index >= 15 is 0 Å². The molecule has 228 valence electrons. The van der Waals surface area contributed by atoms with E-state index < -0.39 is 32.2 Å². The summed E-state index contributed by atoms with van der Waals surface area (Å²) in [5.41, 5.74) is 0.461. The first kappa shape index (κ1) is 31.4. The second-order valence-electron chi connectivity index (χ2n) is 9.74.